The average Bonchev–Trinajstić information content (AvgIpc) is 2.89. The number of rotatable bonds is 4. The Kier molecular flexibility index (Phi) is 4.18. The molecule has 0 fully saturated rings. The van der Waals surface area contributed by atoms with Crippen LogP contribution in [0.5, 0.6) is 0 Å². The van der Waals surface area contributed by atoms with E-state index in [0.717, 1.165) is 22.2 Å². The van der Waals surface area contributed by atoms with Crippen LogP contribution in [0.1, 0.15) is 30.4 Å². The van der Waals surface area contributed by atoms with Crippen LogP contribution in [0.3, 0.4) is 0 Å². The highest BCUT2D eigenvalue weighted by molar-refractivity contribution is 7.21. The van der Waals surface area contributed by atoms with E-state index >= 15 is 0 Å². The zero-order valence-corrected chi connectivity index (χ0v) is 15.0. The molecule has 0 saturated carbocycles. The Hall–Kier alpha value is -2.93. The Morgan fingerprint density at radius 1 is 1.36 bits per heavy atom. The topological polar surface area (TPSA) is 88.3 Å². The summed E-state index contributed by atoms with van der Waals surface area (Å²) in [6, 6.07) is 1.42. The molecule has 2 aromatic heterocycles. The van der Waals surface area contributed by atoms with E-state index in [0.29, 0.717) is 21.1 Å². The summed E-state index contributed by atoms with van der Waals surface area (Å²) in [5, 5.41) is 3.52. The number of nitrogens with two attached hydrogens (primary N) is 1. The van der Waals surface area contributed by atoms with Gasteiger partial charge >= 0.3 is 6.03 Å². The smallest absolute Gasteiger partial charge is 0.331 e. The Bertz CT molecular complexity index is 980. The van der Waals surface area contributed by atoms with Gasteiger partial charge in [0.15, 0.2) is 0 Å². The van der Waals surface area contributed by atoms with Crippen LogP contribution in [0.4, 0.5) is 16.2 Å². The molecule has 6 nitrogen and oxygen atoms in total. The Labute approximate surface area is 149 Å². The SMILES string of the molecule is C=C(C)/C=C\C(=C(C)C)N1C(=O)Nc2c(C(N)=O)sc3nccc1c23. The fraction of sp³-hybridized carbons (Fsp3) is 0.167. The molecule has 0 atom stereocenters. The van der Waals surface area contributed by atoms with Gasteiger partial charge in [-0.3, -0.25) is 9.69 Å². The summed E-state index contributed by atoms with van der Waals surface area (Å²) in [7, 11) is 0. The van der Waals surface area contributed by atoms with Crippen molar-refractivity contribution in [3.05, 3.63) is 52.7 Å². The number of nitrogens with one attached hydrogen (secondary N) is 1. The number of nitrogens with zero attached hydrogens (tertiary/aromatic N) is 2. The number of carbonyl (C=O) groups is 2. The van der Waals surface area contributed by atoms with E-state index in [4.69, 9.17) is 5.73 Å². The van der Waals surface area contributed by atoms with Crippen molar-refractivity contribution in [2.45, 2.75) is 20.8 Å². The number of allylic oxidation sites excluding steroid dienone is 4. The maximum atomic E-state index is 12.8. The highest BCUT2D eigenvalue weighted by atomic mass is 32.1. The highest BCUT2D eigenvalue weighted by Gasteiger charge is 2.32. The zero-order chi connectivity index (χ0) is 18.3. The van der Waals surface area contributed by atoms with Crippen molar-refractivity contribution in [1.82, 2.24) is 4.98 Å². The molecule has 7 heteroatoms. The first-order valence-corrected chi connectivity index (χ1v) is 8.46. The Balaban J connectivity index is 2.27. The van der Waals surface area contributed by atoms with E-state index in [1.165, 1.54) is 11.3 Å². The molecule has 0 unspecified atom stereocenters. The molecule has 1 aliphatic heterocycles. The number of pyridine rings is 1. The molecular weight excluding hydrogens is 336 g/mol. The van der Waals surface area contributed by atoms with Gasteiger partial charge in [0.2, 0.25) is 0 Å². The predicted molar refractivity (Wildman–Crippen MR) is 102 cm³/mol. The zero-order valence-electron chi connectivity index (χ0n) is 14.2. The van der Waals surface area contributed by atoms with E-state index in [1.807, 2.05) is 32.9 Å². The fourth-order valence-corrected chi connectivity index (χ4v) is 3.65. The fourth-order valence-electron chi connectivity index (χ4n) is 2.68. The molecule has 0 spiro atoms. The van der Waals surface area contributed by atoms with Gasteiger partial charge in [-0.15, -0.1) is 11.3 Å². The van der Waals surface area contributed by atoms with Gasteiger partial charge in [0.25, 0.3) is 5.91 Å². The second-order valence-electron chi connectivity index (χ2n) is 6.01. The summed E-state index contributed by atoms with van der Waals surface area (Å²) in [5.41, 5.74) is 9.14. The van der Waals surface area contributed by atoms with Crippen LogP contribution in [-0.2, 0) is 0 Å². The lowest BCUT2D eigenvalue weighted by molar-refractivity contribution is 0.100. The second kappa shape index (κ2) is 6.18. The van der Waals surface area contributed by atoms with Gasteiger partial charge in [0, 0.05) is 11.9 Å². The number of primary amides is 1. The molecule has 0 bridgehead atoms. The molecule has 3 N–H and O–H groups in total. The third-order valence-corrected chi connectivity index (χ3v) is 4.86. The molecule has 1 aliphatic rings. The summed E-state index contributed by atoms with van der Waals surface area (Å²) >= 11 is 1.18. The number of hydrogen-bond acceptors (Lipinski definition) is 4. The van der Waals surface area contributed by atoms with Crippen molar-refractivity contribution in [1.29, 1.82) is 0 Å². The van der Waals surface area contributed by atoms with Gasteiger partial charge in [-0.05, 0) is 32.9 Å². The highest BCUT2D eigenvalue weighted by Crippen LogP contribution is 2.44. The van der Waals surface area contributed by atoms with Gasteiger partial charge in [0.1, 0.15) is 9.71 Å². The van der Waals surface area contributed by atoms with E-state index in [9.17, 15) is 9.59 Å². The molecule has 3 rings (SSSR count). The van der Waals surface area contributed by atoms with Gasteiger partial charge in [-0.25, -0.2) is 9.78 Å². The standard InChI is InChI=1S/C18H18N4O2S/c1-9(2)5-6-11(10(3)4)22-12-7-8-20-17-13(12)14(21-18(22)24)15(25-17)16(19)23/h5-8H,1H2,2-4H3,(H2,19,23)(H,21,24)/b6-5-. The number of amides is 3. The van der Waals surface area contributed by atoms with Crippen molar-refractivity contribution < 1.29 is 9.59 Å². The lowest BCUT2D eigenvalue weighted by Gasteiger charge is -2.30. The first-order valence-electron chi connectivity index (χ1n) is 7.64. The van der Waals surface area contributed by atoms with Crippen LogP contribution in [0.25, 0.3) is 10.2 Å². The first-order chi connectivity index (χ1) is 11.8. The molecule has 0 saturated heterocycles. The number of anilines is 2. The molecule has 0 radical (unpaired) electrons. The molecule has 25 heavy (non-hydrogen) atoms. The van der Waals surface area contributed by atoms with Crippen LogP contribution in [-0.4, -0.2) is 16.9 Å². The van der Waals surface area contributed by atoms with Crippen LogP contribution in [0, 0.1) is 0 Å². The molecule has 3 amide bonds. The molecule has 2 aromatic rings. The van der Waals surface area contributed by atoms with Crippen molar-refractivity contribution in [2.75, 3.05) is 10.2 Å². The van der Waals surface area contributed by atoms with Crippen molar-refractivity contribution in [3.8, 4) is 0 Å². The third-order valence-electron chi connectivity index (χ3n) is 3.75. The summed E-state index contributed by atoms with van der Waals surface area (Å²) in [5.74, 6) is -0.581. The first kappa shape index (κ1) is 16.9. The molecule has 128 valence electrons. The maximum absolute atomic E-state index is 12.8. The third kappa shape index (κ3) is 2.83. The van der Waals surface area contributed by atoms with E-state index in [2.05, 4.69) is 16.9 Å². The minimum absolute atomic E-state index is 0.305. The van der Waals surface area contributed by atoms with E-state index < -0.39 is 5.91 Å². The monoisotopic (exact) mass is 354 g/mol. The van der Waals surface area contributed by atoms with Crippen LogP contribution in [0.15, 0.2) is 47.8 Å². The number of urea groups is 1. The minimum Gasteiger partial charge on any atom is -0.365 e. The summed E-state index contributed by atoms with van der Waals surface area (Å²) in [6.07, 6.45) is 5.33. The summed E-state index contributed by atoms with van der Waals surface area (Å²) in [6.45, 7) is 9.61. The van der Waals surface area contributed by atoms with Crippen molar-refractivity contribution in [2.24, 2.45) is 5.73 Å². The lowest BCUT2D eigenvalue weighted by atomic mass is 10.1. The summed E-state index contributed by atoms with van der Waals surface area (Å²) in [4.78, 5) is 31.4. The van der Waals surface area contributed by atoms with E-state index in [-0.39, 0.29) is 6.03 Å². The maximum Gasteiger partial charge on any atom is 0.331 e. The van der Waals surface area contributed by atoms with E-state index in [1.54, 1.807) is 17.2 Å². The lowest BCUT2D eigenvalue weighted by Crippen LogP contribution is -2.37. The van der Waals surface area contributed by atoms with Gasteiger partial charge < -0.3 is 11.1 Å². The van der Waals surface area contributed by atoms with Crippen molar-refractivity contribution in [3.63, 3.8) is 0 Å². The largest absolute Gasteiger partial charge is 0.365 e. The quantitative estimate of drug-likeness (QED) is 0.808. The molecule has 0 aliphatic carbocycles. The molecule has 3 heterocycles. The van der Waals surface area contributed by atoms with Crippen LogP contribution < -0.4 is 16.0 Å². The number of thiophene rings is 1. The number of aromatic nitrogens is 1. The summed E-state index contributed by atoms with van der Waals surface area (Å²) < 4.78 is 0. The number of carbonyl (C=O) groups excluding carboxylic acids is 2. The predicted octanol–water partition coefficient (Wildman–Crippen LogP) is 4.17. The normalized spacial score (nSPS) is 13.2. The van der Waals surface area contributed by atoms with Crippen LogP contribution in [0.2, 0.25) is 0 Å². The Morgan fingerprint density at radius 2 is 2.08 bits per heavy atom. The minimum atomic E-state index is -0.581. The van der Waals surface area contributed by atoms with Gasteiger partial charge in [0.05, 0.1) is 16.8 Å². The molecule has 0 aromatic carbocycles. The van der Waals surface area contributed by atoms with Crippen LogP contribution >= 0.6 is 11.3 Å². The van der Waals surface area contributed by atoms with Gasteiger partial charge in [-0.1, -0.05) is 23.8 Å². The van der Waals surface area contributed by atoms with Crippen molar-refractivity contribution >= 4 is 44.9 Å². The van der Waals surface area contributed by atoms with Gasteiger partial charge in [-0.2, -0.15) is 0 Å². The second-order valence-corrected chi connectivity index (χ2v) is 7.01. The Morgan fingerprint density at radius 3 is 2.68 bits per heavy atom. The molecular formula is C18H18N4O2S. The number of hydrogen-bond donors (Lipinski definition) is 2. The average molecular weight is 354 g/mol.